The van der Waals surface area contributed by atoms with Crippen molar-refractivity contribution < 1.29 is 0 Å². The summed E-state index contributed by atoms with van der Waals surface area (Å²) in [6.07, 6.45) is 5.02. The molecule has 0 spiro atoms. The summed E-state index contributed by atoms with van der Waals surface area (Å²) >= 11 is 3.44. The predicted molar refractivity (Wildman–Crippen MR) is 80.3 cm³/mol. The first kappa shape index (κ1) is 13.3. The third kappa shape index (κ3) is 3.45. The van der Waals surface area contributed by atoms with Gasteiger partial charge in [0, 0.05) is 31.6 Å². The lowest BCUT2D eigenvalue weighted by molar-refractivity contribution is 0.316. The van der Waals surface area contributed by atoms with E-state index in [1.54, 1.807) is 0 Å². The Morgan fingerprint density at radius 3 is 2.95 bits per heavy atom. The van der Waals surface area contributed by atoms with Crippen LogP contribution in [0.25, 0.3) is 0 Å². The molecule has 2 aliphatic rings. The summed E-state index contributed by atoms with van der Waals surface area (Å²) in [6.45, 7) is 5.64. The molecule has 1 unspecified atom stereocenters. The molecule has 4 nitrogen and oxygen atoms in total. The zero-order chi connectivity index (χ0) is 13.2. The van der Waals surface area contributed by atoms with Crippen molar-refractivity contribution in [3.8, 4) is 0 Å². The third-order valence-corrected chi connectivity index (χ3v) is 4.42. The van der Waals surface area contributed by atoms with E-state index in [-0.39, 0.29) is 0 Å². The fourth-order valence-corrected chi connectivity index (χ4v) is 3.18. The van der Waals surface area contributed by atoms with Crippen LogP contribution in [0.5, 0.6) is 0 Å². The normalized spacial score (nSPS) is 23.8. The predicted octanol–water partition coefficient (Wildman–Crippen LogP) is 2.70. The number of nitrogens with zero attached hydrogens (tertiary/aromatic N) is 3. The number of nitrogens with one attached hydrogen (secondary N) is 1. The van der Waals surface area contributed by atoms with Crippen LogP contribution in [0.4, 0.5) is 5.82 Å². The van der Waals surface area contributed by atoms with Crippen LogP contribution in [-0.4, -0.2) is 40.5 Å². The number of rotatable bonds is 5. The van der Waals surface area contributed by atoms with E-state index < -0.39 is 0 Å². The van der Waals surface area contributed by atoms with Gasteiger partial charge in [-0.2, -0.15) is 0 Å². The molecule has 1 aliphatic heterocycles. The van der Waals surface area contributed by atoms with Gasteiger partial charge in [0.25, 0.3) is 0 Å². The number of likely N-dealkylation sites (tertiary alicyclic amines) is 1. The van der Waals surface area contributed by atoms with Crippen molar-refractivity contribution in [1.82, 2.24) is 14.9 Å². The molecule has 1 saturated heterocycles. The lowest BCUT2D eigenvalue weighted by Crippen LogP contribution is -2.25. The Morgan fingerprint density at radius 1 is 1.37 bits per heavy atom. The molecule has 1 atom stereocenters. The van der Waals surface area contributed by atoms with Gasteiger partial charge in [0.1, 0.15) is 16.2 Å². The van der Waals surface area contributed by atoms with E-state index >= 15 is 0 Å². The Hall–Kier alpha value is -0.680. The zero-order valence-electron chi connectivity index (χ0n) is 11.4. The van der Waals surface area contributed by atoms with E-state index in [2.05, 4.69) is 43.0 Å². The Bertz CT molecular complexity index is 447. The summed E-state index contributed by atoms with van der Waals surface area (Å²) in [5, 5.41) is 3.47. The number of aromatic nitrogens is 2. The van der Waals surface area contributed by atoms with Gasteiger partial charge in [0.15, 0.2) is 0 Å². The second-order valence-corrected chi connectivity index (χ2v) is 6.42. The summed E-state index contributed by atoms with van der Waals surface area (Å²) in [5.74, 6) is 2.60. The molecule has 1 aromatic heterocycles. The minimum Gasteiger partial charge on any atom is -0.370 e. The molecule has 1 N–H and O–H groups in total. The monoisotopic (exact) mass is 324 g/mol. The van der Waals surface area contributed by atoms with E-state index in [1.165, 1.54) is 32.4 Å². The molecule has 0 amide bonds. The van der Waals surface area contributed by atoms with Crippen LogP contribution < -0.4 is 5.32 Å². The van der Waals surface area contributed by atoms with Crippen molar-refractivity contribution in [3.63, 3.8) is 0 Å². The van der Waals surface area contributed by atoms with Gasteiger partial charge in [0.05, 0.1) is 0 Å². The van der Waals surface area contributed by atoms with Gasteiger partial charge in [-0.1, -0.05) is 6.92 Å². The highest BCUT2D eigenvalue weighted by Crippen LogP contribution is 2.31. The Labute approximate surface area is 123 Å². The first-order valence-corrected chi connectivity index (χ1v) is 8.05. The molecule has 2 fully saturated rings. The number of halogens is 1. The van der Waals surface area contributed by atoms with Crippen LogP contribution >= 0.6 is 15.9 Å². The molecule has 3 rings (SSSR count). The first-order valence-electron chi connectivity index (χ1n) is 7.26. The van der Waals surface area contributed by atoms with E-state index in [4.69, 9.17) is 0 Å². The molecule has 5 heteroatoms. The summed E-state index contributed by atoms with van der Waals surface area (Å²) in [4.78, 5) is 11.5. The number of aryl methyl sites for hydroxylation is 1. The minimum absolute atomic E-state index is 0.763. The van der Waals surface area contributed by atoms with Crippen LogP contribution in [0.3, 0.4) is 0 Å². The van der Waals surface area contributed by atoms with Crippen LogP contribution in [0, 0.1) is 5.92 Å². The summed E-state index contributed by atoms with van der Waals surface area (Å²) in [7, 11) is 0. The SMILES string of the molecule is CCc1nc(Br)cc(NCC2CCN(C3CC3)C2)n1. The number of anilines is 1. The van der Waals surface area contributed by atoms with Crippen molar-refractivity contribution in [2.24, 2.45) is 5.92 Å². The Kier molecular flexibility index (Phi) is 4.03. The van der Waals surface area contributed by atoms with Crippen LogP contribution in [-0.2, 0) is 6.42 Å². The quantitative estimate of drug-likeness (QED) is 0.845. The molecule has 104 valence electrons. The largest absolute Gasteiger partial charge is 0.370 e. The van der Waals surface area contributed by atoms with Gasteiger partial charge in [0.2, 0.25) is 0 Å². The van der Waals surface area contributed by atoms with Crippen molar-refractivity contribution in [1.29, 1.82) is 0 Å². The van der Waals surface area contributed by atoms with Gasteiger partial charge in [-0.05, 0) is 47.7 Å². The van der Waals surface area contributed by atoms with Crippen molar-refractivity contribution in [2.45, 2.75) is 38.6 Å². The fraction of sp³-hybridized carbons (Fsp3) is 0.714. The van der Waals surface area contributed by atoms with Gasteiger partial charge >= 0.3 is 0 Å². The van der Waals surface area contributed by atoms with Crippen molar-refractivity contribution in [2.75, 3.05) is 25.0 Å². The summed E-state index contributed by atoms with van der Waals surface area (Å²) < 4.78 is 0.868. The fourth-order valence-electron chi connectivity index (χ4n) is 2.76. The van der Waals surface area contributed by atoms with Crippen LogP contribution in [0.1, 0.15) is 32.0 Å². The standard InChI is InChI=1S/C14H21BrN4/c1-2-13-17-12(15)7-14(18-13)16-8-10-5-6-19(9-10)11-3-4-11/h7,10-11H,2-6,8-9H2,1H3,(H,16,17,18). The van der Waals surface area contributed by atoms with E-state index in [1.807, 2.05) is 6.07 Å². The maximum absolute atomic E-state index is 4.51. The van der Waals surface area contributed by atoms with Crippen LogP contribution in [0.15, 0.2) is 10.7 Å². The number of hydrogen-bond acceptors (Lipinski definition) is 4. The smallest absolute Gasteiger partial charge is 0.131 e. The second-order valence-electron chi connectivity index (χ2n) is 5.61. The van der Waals surface area contributed by atoms with Gasteiger partial charge in [-0.15, -0.1) is 0 Å². The molecule has 0 bridgehead atoms. The Morgan fingerprint density at radius 2 is 2.21 bits per heavy atom. The van der Waals surface area contributed by atoms with Gasteiger partial charge in [-0.25, -0.2) is 9.97 Å². The summed E-state index contributed by atoms with van der Waals surface area (Å²) in [5.41, 5.74) is 0. The second kappa shape index (κ2) is 5.75. The minimum atomic E-state index is 0.763. The highest BCUT2D eigenvalue weighted by molar-refractivity contribution is 9.10. The van der Waals surface area contributed by atoms with Crippen molar-refractivity contribution in [3.05, 3.63) is 16.5 Å². The lowest BCUT2D eigenvalue weighted by atomic mass is 10.1. The maximum Gasteiger partial charge on any atom is 0.131 e. The molecule has 1 aromatic rings. The van der Waals surface area contributed by atoms with E-state index in [0.717, 1.165) is 41.2 Å². The average molecular weight is 325 g/mol. The van der Waals surface area contributed by atoms with Gasteiger partial charge < -0.3 is 10.2 Å². The zero-order valence-corrected chi connectivity index (χ0v) is 13.0. The highest BCUT2D eigenvalue weighted by atomic mass is 79.9. The van der Waals surface area contributed by atoms with Crippen LogP contribution in [0.2, 0.25) is 0 Å². The molecular formula is C14H21BrN4. The van der Waals surface area contributed by atoms with Gasteiger partial charge in [-0.3, -0.25) is 0 Å². The third-order valence-electron chi connectivity index (χ3n) is 4.01. The molecule has 0 radical (unpaired) electrons. The molecule has 1 saturated carbocycles. The molecular weight excluding hydrogens is 304 g/mol. The highest BCUT2D eigenvalue weighted by Gasteiger charge is 2.34. The number of hydrogen-bond donors (Lipinski definition) is 1. The molecule has 19 heavy (non-hydrogen) atoms. The maximum atomic E-state index is 4.51. The molecule has 1 aliphatic carbocycles. The Balaban J connectivity index is 1.53. The van der Waals surface area contributed by atoms with E-state index in [0.29, 0.717) is 0 Å². The summed E-state index contributed by atoms with van der Waals surface area (Å²) in [6, 6.07) is 2.87. The van der Waals surface area contributed by atoms with Crippen molar-refractivity contribution >= 4 is 21.7 Å². The van der Waals surface area contributed by atoms with E-state index in [9.17, 15) is 0 Å². The molecule has 2 heterocycles. The lowest BCUT2D eigenvalue weighted by Gasteiger charge is -2.15. The first-order chi connectivity index (χ1) is 9.24. The average Bonchev–Trinajstić information content (AvgIpc) is 3.15. The molecule has 0 aromatic carbocycles. The topological polar surface area (TPSA) is 41.1 Å².